The van der Waals surface area contributed by atoms with Gasteiger partial charge in [-0.25, -0.2) is 9.59 Å². The summed E-state index contributed by atoms with van der Waals surface area (Å²) in [5.41, 5.74) is 5.77. The van der Waals surface area contributed by atoms with E-state index in [1.54, 1.807) is 6.92 Å². The van der Waals surface area contributed by atoms with E-state index in [1.807, 2.05) is 0 Å². The zero-order valence-corrected chi connectivity index (χ0v) is 10.2. The predicted molar refractivity (Wildman–Crippen MR) is 68.0 cm³/mol. The van der Waals surface area contributed by atoms with Crippen LogP contribution in [0, 0.1) is 0 Å². The van der Waals surface area contributed by atoms with Crippen molar-refractivity contribution in [3.05, 3.63) is 34.2 Å². The Hall–Kier alpha value is -2.57. The number of benzene rings is 1. The summed E-state index contributed by atoms with van der Waals surface area (Å²) in [4.78, 5) is 36.2. The van der Waals surface area contributed by atoms with Crippen LogP contribution in [-0.4, -0.2) is 26.5 Å². The minimum absolute atomic E-state index is 0.0353. The summed E-state index contributed by atoms with van der Waals surface area (Å²) in [6, 6.07) is 3.93. The molecule has 1 aromatic carbocycles. The molecule has 0 fully saturated rings. The van der Waals surface area contributed by atoms with Gasteiger partial charge in [0.15, 0.2) is 0 Å². The zero-order valence-electron chi connectivity index (χ0n) is 10.2. The fourth-order valence-corrected chi connectivity index (χ4v) is 2.08. The highest BCUT2D eigenvalue weighted by Crippen LogP contribution is 2.18. The van der Waals surface area contributed by atoms with Gasteiger partial charge in [0.1, 0.15) is 0 Å². The van der Waals surface area contributed by atoms with Gasteiger partial charge in [-0.05, 0) is 25.1 Å². The average Bonchev–Trinajstić information content (AvgIpc) is 2.62. The number of carbonyl (C=O) groups is 2. The Morgan fingerprint density at radius 3 is 2.74 bits per heavy atom. The summed E-state index contributed by atoms with van der Waals surface area (Å²) in [5, 5.41) is 8.89. The molecule has 4 N–H and O–H groups in total. The van der Waals surface area contributed by atoms with Crippen molar-refractivity contribution in [1.29, 1.82) is 0 Å². The predicted octanol–water partition coefficient (Wildman–Crippen LogP) is 0.464. The maximum Gasteiger partial charge on any atom is 0.335 e. The van der Waals surface area contributed by atoms with Gasteiger partial charge in [-0.1, -0.05) is 0 Å². The van der Waals surface area contributed by atoms with Gasteiger partial charge in [0.2, 0.25) is 5.91 Å². The van der Waals surface area contributed by atoms with Crippen molar-refractivity contribution in [2.45, 2.75) is 19.4 Å². The molecule has 0 aliphatic rings. The fourth-order valence-electron chi connectivity index (χ4n) is 2.08. The van der Waals surface area contributed by atoms with E-state index in [1.165, 1.54) is 22.8 Å². The molecule has 0 aliphatic carbocycles. The normalized spacial score (nSPS) is 12.5. The maximum atomic E-state index is 11.9. The molecule has 1 amide bonds. The molecule has 0 radical (unpaired) electrons. The first-order chi connectivity index (χ1) is 8.90. The summed E-state index contributed by atoms with van der Waals surface area (Å²) < 4.78 is 1.39. The number of nitrogens with zero attached hydrogens (tertiary/aromatic N) is 1. The number of carboxylic acid groups (broad SMARTS) is 1. The Morgan fingerprint density at radius 2 is 2.16 bits per heavy atom. The molecule has 0 aliphatic heterocycles. The average molecular weight is 263 g/mol. The molecule has 1 atom stereocenters. The fraction of sp³-hybridized carbons (Fsp3) is 0.250. The van der Waals surface area contributed by atoms with Gasteiger partial charge in [-0.15, -0.1) is 0 Å². The number of hydrogen-bond donors (Lipinski definition) is 3. The van der Waals surface area contributed by atoms with Crippen LogP contribution in [0.25, 0.3) is 11.0 Å². The minimum atomic E-state index is -1.07. The highest BCUT2D eigenvalue weighted by molar-refractivity contribution is 5.92. The van der Waals surface area contributed by atoms with Crippen LogP contribution in [0.15, 0.2) is 23.0 Å². The number of carboxylic acids is 1. The molecular weight excluding hydrogens is 250 g/mol. The zero-order chi connectivity index (χ0) is 14.2. The Kier molecular flexibility index (Phi) is 3.12. The van der Waals surface area contributed by atoms with E-state index in [-0.39, 0.29) is 12.0 Å². The number of nitrogens with one attached hydrogen (secondary N) is 1. The lowest BCUT2D eigenvalue weighted by atomic mass is 10.2. The van der Waals surface area contributed by atoms with Gasteiger partial charge in [0.05, 0.1) is 16.6 Å². The molecule has 1 unspecified atom stereocenters. The quantitative estimate of drug-likeness (QED) is 0.742. The van der Waals surface area contributed by atoms with E-state index in [0.29, 0.717) is 11.0 Å². The molecule has 19 heavy (non-hydrogen) atoms. The minimum Gasteiger partial charge on any atom is -0.478 e. The van der Waals surface area contributed by atoms with Gasteiger partial charge in [0.25, 0.3) is 0 Å². The molecule has 2 rings (SSSR count). The van der Waals surface area contributed by atoms with Gasteiger partial charge in [-0.3, -0.25) is 9.36 Å². The molecular formula is C12H13N3O4. The van der Waals surface area contributed by atoms with Crippen molar-refractivity contribution >= 4 is 22.9 Å². The molecule has 2 aromatic rings. The second-order valence-electron chi connectivity index (χ2n) is 4.36. The SMILES string of the molecule is CC(CC(N)=O)n1c(=O)[nH]c2cc(C(=O)O)ccc21. The van der Waals surface area contributed by atoms with E-state index < -0.39 is 23.6 Å². The number of carbonyl (C=O) groups excluding carboxylic acids is 1. The molecule has 7 heteroatoms. The molecule has 0 saturated heterocycles. The lowest BCUT2D eigenvalue weighted by Gasteiger charge is -2.11. The van der Waals surface area contributed by atoms with Gasteiger partial charge in [0, 0.05) is 12.5 Å². The number of aromatic nitrogens is 2. The molecule has 7 nitrogen and oxygen atoms in total. The van der Waals surface area contributed by atoms with Crippen LogP contribution in [0.4, 0.5) is 0 Å². The number of rotatable bonds is 4. The third-order valence-electron chi connectivity index (χ3n) is 2.90. The van der Waals surface area contributed by atoms with Crippen LogP contribution >= 0.6 is 0 Å². The number of H-pyrrole nitrogens is 1. The Labute approximate surface area is 107 Å². The second-order valence-corrected chi connectivity index (χ2v) is 4.36. The lowest BCUT2D eigenvalue weighted by Crippen LogP contribution is -2.24. The first-order valence-electron chi connectivity index (χ1n) is 5.66. The maximum absolute atomic E-state index is 11.9. The molecule has 100 valence electrons. The first kappa shape index (κ1) is 12.9. The van der Waals surface area contributed by atoms with Gasteiger partial charge in [-0.2, -0.15) is 0 Å². The topological polar surface area (TPSA) is 118 Å². The van der Waals surface area contributed by atoms with Crippen molar-refractivity contribution in [2.24, 2.45) is 5.73 Å². The van der Waals surface area contributed by atoms with E-state index in [2.05, 4.69) is 4.98 Å². The Bertz CT molecular complexity index is 713. The van der Waals surface area contributed by atoms with Crippen LogP contribution in [0.2, 0.25) is 0 Å². The van der Waals surface area contributed by atoms with Crippen LogP contribution in [0.5, 0.6) is 0 Å². The highest BCUT2D eigenvalue weighted by Gasteiger charge is 2.16. The van der Waals surface area contributed by atoms with E-state index in [0.717, 1.165) is 0 Å². The largest absolute Gasteiger partial charge is 0.478 e. The molecule has 1 heterocycles. The van der Waals surface area contributed by atoms with E-state index in [4.69, 9.17) is 10.8 Å². The first-order valence-corrected chi connectivity index (χ1v) is 5.66. The van der Waals surface area contributed by atoms with Crippen molar-refractivity contribution in [3.63, 3.8) is 0 Å². The third-order valence-corrected chi connectivity index (χ3v) is 2.90. The van der Waals surface area contributed by atoms with E-state index in [9.17, 15) is 14.4 Å². The monoisotopic (exact) mass is 263 g/mol. The number of aromatic carboxylic acids is 1. The van der Waals surface area contributed by atoms with E-state index >= 15 is 0 Å². The number of nitrogens with two attached hydrogens (primary N) is 1. The molecule has 0 bridgehead atoms. The molecule has 1 aromatic heterocycles. The van der Waals surface area contributed by atoms with Crippen LogP contribution in [0.1, 0.15) is 29.7 Å². The molecule has 0 spiro atoms. The summed E-state index contributed by atoms with van der Waals surface area (Å²) in [7, 11) is 0. The third kappa shape index (κ3) is 2.35. The highest BCUT2D eigenvalue weighted by atomic mass is 16.4. The van der Waals surface area contributed by atoms with Gasteiger partial charge < -0.3 is 15.8 Å². The number of fused-ring (bicyclic) bond motifs is 1. The van der Waals surface area contributed by atoms with Crippen LogP contribution in [-0.2, 0) is 4.79 Å². The van der Waals surface area contributed by atoms with Crippen LogP contribution in [0.3, 0.4) is 0 Å². The standard InChI is InChI=1S/C12H13N3O4/c1-6(4-10(13)16)15-9-3-2-7(11(17)18)5-8(9)14-12(15)19/h2-3,5-6H,4H2,1H3,(H2,13,16)(H,14,19)(H,17,18). The Morgan fingerprint density at radius 1 is 1.47 bits per heavy atom. The Balaban J connectivity index is 2.57. The smallest absolute Gasteiger partial charge is 0.335 e. The number of aromatic amines is 1. The number of amides is 1. The van der Waals surface area contributed by atoms with Gasteiger partial charge >= 0.3 is 11.7 Å². The molecule has 0 saturated carbocycles. The van der Waals surface area contributed by atoms with Crippen molar-refractivity contribution in [1.82, 2.24) is 9.55 Å². The van der Waals surface area contributed by atoms with Crippen molar-refractivity contribution in [3.8, 4) is 0 Å². The second kappa shape index (κ2) is 4.60. The summed E-state index contributed by atoms with van der Waals surface area (Å²) in [6.45, 7) is 1.70. The number of imidazole rings is 1. The summed E-state index contributed by atoms with van der Waals surface area (Å²) in [5.74, 6) is -1.57. The lowest BCUT2D eigenvalue weighted by molar-refractivity contribution is -0.118. The number of hydrogen-bond acceptors (Lipinski definition) is 3. The van der Waals surface area contributed by atoms with Crippen LogP contribution < -0.4 is 11.4 Å². The summed E-state index contributed by atoms with van der Waals surface area (Å²) >= 11 is 0. The van der Waals surface area contributed by atoms with Crippen molar-refractivity contribution in [2.75, 3.05) is 0 Å². The summed E-state index contributed by atoms with van der Waals surface area (Å²) in [6.07, 6.45) is 0.0353. The number of primary amides is 1. The van der Waals surface area contributed by atoms with Crippen molar-refractivity contribution < 1.29 is 14.7 Å².